The summed E-state index contributed by atoms with van der Waals surface area (Å²) in [4.78, 5) is 12.9. The predicted octanol–water partition coefficient (Wildman–Crippen LogP) is 4.59. The lowest BCUT2D eigenvalue weighted by atomic mass is 9.85. The van der Waals surface area contributed by atoms with Crippen LogP contribution >= 0.6 is 38.9 Å². The standard InChI is InChI=1S/C13H19BrClNOS/c1-8-7-9(18-11(8)14)12(17)16-10(5-6-15)13(2,3)4/h7,10H,5-6H2,1-4H3,(H,16,17). The molecule has 1 aromatic heterocycles. The molecule has 0 fully saturated rings. The summed E-state index contributed by atoms with van der Waals surface area (Å²) in [5.41, 5.74) is 1.10. The van der Waals surface area contributed by atoms with Gasteiger partial charge in [-0.25, -0.2) is 0 Å². The van der Waals surface area contributed by atoms with Crippen LogP contribution in [0, 0.1) is 12.3 Å². The van der Waals surface area contributed by atoms with E-state index in [4.69, 9.17) is 11.6 Å². The van der Waals surface area contributed by atoms with Crippen LogP contribution in [0.1, 0.15) is 42.4 Å². The third-order valence-corrected chi connectivity index (χ3v) is 5.18. The Labute approximate surface area is 126 Å². The average Bonchev–Trinajstić information content (AvgIpc) is 2.57. The van der Waals surface area contributed by atoms with Crippen LogP contribution in [0.25, 0.3) is 0 Å². The summed E-state index contributed by atoms with van der Waals surface area (Å²) in [5.74, 6) is 0.536. The highest BCUT2D eigenvalue weighted by molar-refractivity contribution is 9.11. The number of rotatable bonds is 4. The number of aryl methyl sites for hydroxylation is 1. The maximum atomic E-state index is 12.2. The molecular weight excluding hydrogens is 334 g/mol. The van der Waals surface area contributed by atoms with Gasteiger partial charge in [-0.3, -0.25) is 4.79 Å². The molecule has 1 heterocycles. The maximum absolute atomic E-state index is 12.2. The summed E-state index contributed by atoms with van der Waals surface area (Å²) >= 11 is 10.7. The van der Waals surface area contributed by atoms with Crippen molar-refractivity contribution < 1.29 is 4.79 Å². The van der Waals surface area contributed by atoms with Gasteiger partial charge < -0.3 is 5.32 Å². The lowest BCUT2D eigenvalue weighted by Crippen LogP contribution is -2.43. The second-order valence-electron chi connectivity index (χ2n) is 5.44. The van der Waals surface area contributed by atoms with Crippen molar-refractivity contribution in [1.82, 2.24) is 5.32 Å². The second kappa shape index (κ2) is 6.40. The van der Waals surface area contributed by atoms with Crippen LogP contribution in [0.4, 0.5) is 0 Å². The molecule has 0 bridgehead atoms. The van der Waals surface area contributed by atoms with Crippen molar-refractivity contribution in [1.29, 1.82) is 0 Å². The van der Waals surface area contributed by atoms with Gasteiger partial charge in [-0.2, -0.15) is 0 Å². The fourth-order valence-electron chi connectivity index (χ4n) is 1.63. The van der Waals surface area contributed by atoms with E-state index in [-0.39, 0.29) is 17.4 Å². The molecule has 0 aliphatic carbocycles. The van der Waals surface area contributed by atoms with Crippen molar-refractivity contribution in [2.45, 2.75) is 40.2 Å². The molecule has 0 spiro atoms. The molecule has 1 rings (SSSR count). The zero-order valence-electron chi connectivity index (χ0n) is 11.1. The lowest BCUT2D eigenvalue weighted by molar-refractivity contribution is 0.0904. The van der Waals surface area contributed by atoms with Gasteiger partial charge in [0.05, 0.1) is 8.66 Å². The Kier molecular flexibility index (Phi) is 5.68. The molecule has 18 heavy (non-hydrogen) atoms. The van der Waals surface area contributed by atoms with Gasteiger partial charge in [0.25, 0.3) is 5.91 Å². The number of nitrogens with one attached hydrogen (secondary N) is 1. The second-order valence-corrected chi connectivity index (χ2v) is 8.19. The highest BCUT2D eigenvalue weighted by Crippen LogP contribution is 2.28. The number of alkyl halides is 1. The van der Waals surface area contributed by atoms with E-state index in [9.17, 15) is 4.79 Å². The molecular formula is C13H19BrClNOS. The Morgan fingerprint density at radius 3 is 2.56 bits per heavy atom. The number of carbonyl (C=O) groups is 1. The van der Waals surface area contributed by atoms with Gasteiger partial charge in [-0.15, -0.1) is 22.9 Å². The fraction of sp³-hybridized carbons (Fsp3) is 0.615. The zero-order chi connectivity index (χ0) is 13.9. The SMILES string of the molecule is Cc1cc(C(=O)NC(CCCl)C(C)(C)C)sc1Br. The van der Waals surface area contributed by atoms with Gasteiger partial charge >= 0.3 is 0 Å². The maximum Gasteiger partial charge on any atom is 0.261 e. The Bertz CT molecular complexity index is 406. The summed E-state index contributed by atoms with van der Waals surface area (Å²) in [7, 11) is 0. The first-order valence-electron chi connectivity index (χ1n) is 5.88. The van der Waals surface area contributed by atoms with Crippen LogP contribution in [0.15, 0.2) is 9.85 Å². The highest BCUT2D eigenvalue weighted by atomic mass is 79.9. The number of thiophene rings is 1. The summed E-state index contributed by atoms with van der Waals surface area (Å²) in [5, 5.41) is 3.08. The minimum absolute atomic E-state index is 0.00802. The monoisotopic (exact) mass is 351 g/mol. The molecule has 1 amide bonds. The topological polar surface area (TPSA) is 29.1 Å². The summed E-state index contributed by atoms with van der Waals surface area (Å²) in [6, 6.07) is 1.99. The smallest absolute Gasteiger partial charge is 0.261 e. The van der Waals surface area contributed by atoms with Gasteiger partial charge in [-0.1, -0.05) is 20.8 Å². The van der Waals surface area contributed by atoms with Crippen molar-refractivity contribution in [2.75, 3.05) is 5.88 Å². The van der Waals surface area contributed by atoms with E-state index in [1.165, 1.54) is 11.3 Å². The van der Waals surface area contributed by atoms with Crippen molar-refractivity contribution >= 4 is 44.8 Å². The Balaban J connectivity index is 2.78. The van der Waals surface area contributed by atoms with Crippen LogP contribution in [0.5, 0.6) is 0 Å². The first-order chi connectivity index (χ1) is 8.25. The van der Waals surface area contributed by atoms with Gasteiger partial charge in [0.2, 0.25) is 0 Å². The van der Waals surface area contributed by atoms with Gasteiger partial charge in [0, 0.05) is 11.9 Å². The quantitative estimate of drug-likeness (QED) is 0.789. The van der Waals surface area contributed by atoms with E-state index in [1.807, 2.05) is 13.0 Å². The van der Waals surface area contributed by atoms with E-state index < -0.39 is 0 Å². The normalized spacial score (nSPS) is 13.4. The molecule has 1 atom stereocenters. The molecule has 0 saturated carbocycles. The number of carbonyl (C=O) groups excluding carboxylic acids is 1. The Hall–Kier alpha value is -0.0600. The number of amides is 1. The number of halogens is 2. The van der Waals surface area contributed by atoms with Gasteiger partial charge in [0.15, 0.2) is 0 Å². The van der Waals surface area contributed by atoms with Crippen LogP contribution in [-0.4, -0.2) is 17.8 Å². The molecule has 1 N–H and O–H groups in total. The molecule has 102 valence electrons. The first-order valence-corrected chi connectivity index (χ1v) is 8.03. The molecule has 0 aliphatic heterocycles. The van der Waals surface area contributed by atoms with Crippen LogP contribution in [0.2, 0.25) is 0 Å². The Morgan fingerprint density at radius 2 is 2.17 bits per heavy atom. The number of hydrogen-bond donors (Lipinski definition) is 1. The fourth-order valence-corrected chi connectivity index (χ4v) is 3.29. The molecule has 0 aliphatic rings. The van der Waals surface area contributed by atoms with Crippen LogP contribution in [-0.2, 0) is 0 Å². The van der Waals surface area contributed by atoms with E-state index in [2.05, 4.69) is 42.0 Å². The molecule has 2 nitrogen and oxygen atoms in total. The summed E-state index contributed by atoms with van der Waals surface area (Å²) < 4.78 is 1.01. The molecule has 0 radical (unpaired) electrons. The highest BCUT2D eigenvalue weighted by Gasteiger charge is 2.26. The minimum Gasteiger partial charge on any atom is -0.348 e. The molecule has 5 heteroatoms. The molecule has 0 saturated heterocycles. The lowest BCUT2D eigenvalue weighted by Gasteiger charge is -2.30. The first kappa shape index (κ1) is 16.0. The largest absolute Gasteiger partial charge is 0.348 e. The molecule has 0 aromatic carbocycles. The van der Waals surface area contributed by atoms with Crippen molar-refractivity contribution in [3.63, 3.8) is 0 Å². The third-order valence-electron chi connectivity index (χ3n) is 2.83. The number of hydrogen-bond acceptors (Lipinski definition) is 2. The van der Waals surface area contributed by atoms with Crippen molar-refractivity contribution in [3.05, 3.63) is 20.3 Å². The predicted molar refractivity (Wildman–Crippen MR) is 82.8 cm³/mol. The molecule has 1 aromatic rings. The van der Waals surface area contributed by atoms with E-state index in [0.29, 0.717) is 5.88 Å². The Morgan fingerprint density at radius 1 is 1.56 bits per heavy atom. The summed E-state index contributed by atoms with van der Waals surface area (Å²) in [6.45, 7) is 8.32. The van der Waals surface area contributed by atoms with Gasteiger partial charge in [0.1, 0.15) is 0 Å². The van der Waals surface area contributed by atoms with E-state index >= 15 is 0 Å². The molecule has 1 unspecified atom stereocenters. The summed E-state index contributed by atoms with van der Waals surface area (Å²) in [6.07, 6.45) is 0.780. The van der Waals surface area contributed by atoms with Gasteiger partial charge in [-0.05, 0) is 46.3 Å². The van der Waals surface area contributed by atoms with Crippen molar-refractivity contribution in [2.24, 2.45) is 5.41 Å². The van der Waals surface area contributed by atoms with Crippen molar-refractivity contribution in [3.8, 4) is 0 Å². The third kappa shape index (κ3) is 4.25. The van der Waals surface area contributed by atoms with E-state index in [0.717, 1.165) is 20.6 Å². The van der Waals surface area contributed by atoms with E-state index in [1.54, 1.807) is 0 Å². The van der Waals surface area contributed by atoms with Crippen LogP contribution in [0.3, 0.4) is 0 Å². The van der Waals surface area contributed by atoms with Crippen LogP contribution < -0.4 is 5.32 Å². The zero-order valence-corrected chi connectivity index (χ0v) is 14.3. The average molecular weight is 353 g/mol. The minimum atomic E-state index is -0.0150.